The fraction of sp³-hybridized carbons (Fsp3) is 0.533. The molecular formula is C15H23BrN2O3. The summed E-state index contributed by atoms with van der Waals surface area (Å²) in [6.45, 7) is 8.61. The lowest BCUT2D eigenvalue weighted by molar-refractivity contribution is 0.0496. The third kappa shape index (κ3) is 7.34. The van der Waals surface area contributed by atoms with Crippen LogP contribution in [0.5, 0.6) is 5.75 Å². The molecule has 0 fully saturated rings. The van der Waals surface area contributed by atoms with Crippen molar-refractivity contribution in [2.75, 3.05) is 6.61 Å². The van der Waals surface area contributed by atoms with Gasteiger partial charge in [-0.25, -0.2) is 10.2 Å². The summed E-state index contributed by atoms with van der Waals surface area (Å²) >= 11 is 3.43. The zero-order valence-electron chi connectivity index (χ0n) is 13.0. The van der Waals surface area contributed by atoms with Gasteiger partial charge in [0.25, 0.3) is 0 Å². The van der Waals surface area contributed by atoms with Gasteiger partial charge in [0, 0.05) is 16.6 Å². The minimum absolute atomic E-state index is 0.442. The molecule has 1 rings (SSSR count). The quantitative estimate of drug-likeness (QED) is 0.760. The van der Waals surface area contributed by atoms with Gasteiger partial charge in [0.2, 0.25) is 0 Å². The van der Waals surface area contributed by atoms with Crippen molar-refractivity contribution < 1.29 is 14.3 Å². The van der Waals surface area contributed by atoms with Crippen LogP contribution in [0.25, 0.3) is 0 Å². The highest BCUT2D eigenvalue weighted by atomic mass is 79.9. The molecule has 0 bridgehead atoms. The monoisotopic (exact) mass is 358 g/mol. The average molecular weight is 359 g/mol. The van der Waals surface area contributed by atoms with E-state index >= 15 is 0 Å². The predicted octanol–water partition coefficient (Wildman–Crippen LogP) is 3.77. The van der Waals surface area contributed by atoms with Crippen molar-refractivity contribution in [2.24, 2.45) is 0 Å². The van der Waals surface area contributed by atoms with Crippen LogP contribution in [-0.4, -0.2) is 18.3 Å². The summed E-state index contributed by atoms with van der Waals surface area (Å²) in [4.78, 5) is 11.5. The number of carbonyl (C=O) groups is 1. The highest BCUT2D eigenvalue weighted by molar-refractivity contribution is 9.10. The first-order valence-electron chi connectivity index (χ1n) is 6.95. The number of amides is 1. The molecule has 0 saturated carbocycles. The first kappa shape index (κ1) is 17.8. The molecule has 2 N–H and O–H groups in total. The van der Waals surface area contributed by atoms with Crippen LogP contribution in [0.15, 0.2) is 22.7 Å². The van der Waals surface area contributed by atoms with Gasteiger partial charge in [-0.15, -0.1) is 0 Å². The molecule has 1 amide bonds. The Hall–Kier alpha value is -1.27. The lowest BCUT2D eigenvalue weighted by Gasteiger charge is -2.20. The number of hydrazine groups is 1. The molecule has 21 heavy (non-hydrogen) atoms. The van der Waals surface area contributed by atoms with E-state index < -0.39 is 11.7 Å². The van der Waals surface area contributed by atoms with Crippen LogP contribution in [0.4, 0.5) is 4.79 Å². The summed E-state index contributed by atoms with van der Waals surface area (Å²) in [5.74, 6) is 0.804. The Bertz CT molecular complexity index is 472. The molecule has 0 saturated heterocycles. The molecule has 0 unspecified atom stereocenters. The fourth-order valence-corrected chi connectivity index (χ4v) is 1.96. The molecule has 0 atom stereocenters. The number of ether oxygens (including phenoxy) is 2. The van der Waals surface area contributed by atoms with Gasteiger partial charge in [-0.2, -0.15) is 0 Å². The third-order valence-electron chi connectivity index (χ3n) is 2.35. The SMILES string of the molecule is CCCOc1ccc(Br)cc1CNNC(=O)OC(C)(C)C. The summed E-state index contributed by atoms with van der Waals surface area (Å²) in [6, 6.07) is 5.79. The first-order chi connectivity index (χ1) is 9.81. The van der Waals surface area contributed by atoms with Crippen LogP contribution in [0, 0.1) is 0 Å². The summed E-state index contributed by atoms with van der Waals surface area (Å²) in [6.07, 6.45) is 0.438. The Morgan fingerprint density at radius 1 is 1.33 bits per heavy atom. The number of hydrogen-bond acceptors (Lipinski definition) is 4. The van der Waals surface area contributed by atoms with E-state index in [-0.39, 0.29) is 0 Å². The van der Waals surface area contributed by atoms with Crippen molar-refractivity contribution in [2.45, 2.75) is 46.3 Å². The summed E-state index contributed by atoms with van der Waals surface area (Å²) in [5.41, 5.74) is 5.79. The van der Waals surface area contributed by atoms with E-state index in [2.05, 4.69) is 33.7 Å². The third-order valence-corrected chi connectivity index (χ3v) is 2.85. The summed E-state index contributed by atoms with van der Waals surface area (Å²) in [5, 5.41) is 0. The van der Waals surface area contributed by atoms with E-state index in [4.69, 9.17) is 9.47 Å². The van der Waals surface area contributed by atoms with Crippen LogP contribution in [0.3, 0.4) is 0 Å². The number of nitrogens with one attached hydrogen (secondary N) is 2. The molecule has 1 aromatic rings. The Labute approximate surface area is 134 Å². The second-order valence-corrected chi connectivity index (χ2v) is 6.50. The Morgan fingerprint density at radius 3 is 2.67 bits per heavy atom. The Balaban J connectivity index is 2.54. The van der Waals surface area contributed by atoms with Crippen molar-refractivity contribution in [3.8, 4) is 5.75 Å². The molecule has 0 radical (unpaired) electrons. The second-order valence-electron chi connectivity index (χ2n) is 5.58. The summed E-state index contributed by atoms with van der Waals surface area (Å²) in [7, 11) is 0. The largest absolute Gasteiger partial charge is 0.493 e. The van der Waals surface area contributed by atoms with Gasteiger partial charge >= 0.3 is 6.09 Å². The molecule has 5 nitrogen and oxygen atoms in total. The van der Waals surface area contributed by atoms with Crippen molar-refractivity contribution in [3.05, 3.63) is 28.2 Å². The Kier molecular flexibility index (Phi) is 6.98. The van der Waals surface area contributed by atoms with Crippen molar-refractivity contribution in [1.82, 2.24) is 10.9 Å². The average Bonchev–Trinajstić information content (AvgIpc) is 2.35. The number of rotatable bonds is 6. The Morgan fingerprint density at radius 2 is 2.05 bits per heavy atom. The number of benzene rings is 1. The van der Waals surface area contributed by atoms with E-state index in [9.17, 15) is 4.79 Å². The molecule has 6 heteroatoms. The first-order valence-corrected chi connectivity index (χ1v) is 7.74. The topological polar surface area (TPSA) is 59.6 Å². The van der Waals surface area contributed by atoms with Crippen LogP contribution in [0.2, 0.25) is 0 Å². The lowest BCUT2D eigenvalue weighted by Crippen LogP contribution is -2.40. The van der Waals surface area contributed by atoms with Crippen molar-refractivity contribution in [1.29, 1.82) is 0 Å². The van der Waals surface area contributed by atoms with Gasteiger partial charge in [-0.1, -0.05) is 22.9 Å². The zero-order valence-corrected chi connectivity index (χ0v) is 14.5. The molecule has 0 aliphatic carbocycles. The fourth-order valence-electron chi connectivity index (χ4n) is 1.55. The van der Waals surface area contributed by atoms with Gasteiger partial charge in [-0.3, -0.25) is 5.43 Å². The van der Waals surface area contributed by atoms with Gasteiger partial charge in [0.05, 0.1) is 6.61 Å². The van der Waals surface area contributed by atoms with E-state index in [0.717, 1.165) is 22.2 Å². The number of carbonyl (C=O) groups excluding carboxylic acids is 1. The molecule has 118 valence electrons. The normalized spacial score (nSPS) is 11.1. The standard InChI is InChI=1S/C15H23BrN2O3/c1-5-8-20-13-7-6-12(16)9-11(13)10-17-18-14(19)21-15(2,3)4/h6-7,9,17H,5,8,10H2,1-4H3,(H,18,19). The molecule has 0 heterocycles. The maximum atomic E-state index is 11.5. The van der Waals surface area contributed by atoms with Gasteiger partial charge in [0.1, 0.15) is 11.4 Å². The highest BCUT2D eigenvalue weighted by Gasteiger charge is 2.15. The van der Waals surface area contributed by atoms with Gasteiger partial charge in [0.15, 0.2) is 0 Å². The van der Waals surface area contributed by atoms with Crippen molar-refractivity contribution >= 4 is 22.0 Å². The molecule has 0 aliphatic heterocycles. The van der Waals surface area contributed by atoms with Crippen LogP contribution in [0.1, 0.15) is 39.7 Å². The number of hydrogen-bond donors (Lipinski definition) is 2. The van der Waals surface area contributed by atoms with Gasteiger partial charge < -0.3 is 9.47 Å². The maximum Gasteiger partial charge on any atom is 0.422 e. The molecule has 0 aromatic heterocycles. The van der Waals surface area contributed by atoms with Crippen LogP contribution in [-0.2, 0) is 11.3 Å². The molecule has 0 aliphatic rings. The van der Waals surface area contributed by atoms with E-state index in [0.29, 0.717) is 13.2 Å². The van der Waals surface area contributed by atoms with E-state index in [1.165, 1.54) is 0 Å². The van der Waals surface area contributed by atoms with Crippen LogP contribution >= 0.6 is 15.9 Å². The van der Waals surface area contributed by atoms with Crippen LogP contribution < -0.4 is 15.6 Å². The smallest absolute Gasteiger partial charge is 0.422 e. The minimum atomic E-state index is -0.517. The minimum Gasteiger partial charge on any atom is -0.493 e. The maximum absolute atomic E-state index is 11.5. The predicted molar refractivity (Wildman–Crippen MR) is 86.1 cm³/mol. The second kappa shape index (κ2) is 8.24. The van der Waals surface area contributed by atoms with E-state index in [1.807, 2.05) is 39.0 Å². The highest BCUT2D eigenvalue weighted by Crippen LogP contribution is 2.23. The molecule has 1 aromatic carbocycles. The lowest BCUT2D eigenvalue weighted by atomic mass is 10.2. The van der Waals surface area contributed by atoms with E-state index in [1.54, 1.807) is 0 Å². The number of halogens is 1. The molecular weight excluding hydrogens is 336 g/mol. The molecule has 0 spiro atoms. The summed E-state index contributed by atoms with van der Waals surface area (Å²) < 4.78 is 11.8. The van der Waals surface area contributed by atoms with Gasteiger partial charge in [-0.05, 0) is 45.4 Å². The zero-order chi connectivity index (χ0) is 15.9. The van der Waals surface area contributed by atoms with Crippen molar-refractivity contribution in [3.63, 3.8) is 0 Å².